The molecule has 7 heavy (non-hydrogen) atoms. The molecule has 5 heteroatoms. The topological polar surface area (TPSA) is 62.8 Å². The van der Waals surface area contributed by atoms with Gasteiger partial charge in [-0.1, -0.05) is 0 Å². The van der Waals surface area contributed by atoms with Crippen molar-refractivity contribution in [2.45, 2.75) is 0 Å². The summed E-state index contributed by atoms with van der Waals surface area (Å²) in [6.45, 7) is 0. The van der Waals surface area contributed by atoms with E-state index in [1.54, 1.807) is 0 Å². The van der Waals surface area contributed by atoms with Gasteiger partial charge in [-0.3, -0.25) is 0 Å². The minimum atomic E-state index is 0.356. The zero-order valence-corrected chi connectivity index (χ0v) is 3.30. The first-order chi connectivity index (χ1) is 3.45. The second-order valence-corrected chi connectivity index (χ2v) is 1.17. The Morgan fingerprint density at radius 2 is 2.57 bits per heavy atom. The van der Waals surface area contributed by atoms with Crippen LogP contribution in [0.5, 0.6) is 6.01 Å². The van der Waals surface area contributed by atoms with E-state index in [4.69, 9.17) is 0 Å². The summed E-state index contributed by atoms with van der Waals surface area (Å²) in [6, 6.07) is 0.356. The fraction of sp³-hybridized carbons (Fsp3) is 0. The van der Waals surface area contributed by atoms with Crippen LogP contribution in [0.1, 0.15) is 0 Å². The van der Waals surface area contributed by atoms with Crippen molar-refractivity contribution in [1.29, 1.82) is 0 Å². The standard InChI is InChI=1S/C2H2N4O/c3-1-4-5-2(3)7-6-1/h(H2,3,4,5,6). The van der Waals surface area contributed by atoms with Crippen LogP contribution in [0, 0.1) is 0 Å². The van der Waals surface area contributed by atoms with Gasteiger partial charge in [0, 0.05) is 0 Å². The summed E-state index contributed by atoms with van der Waals surface area (Å²) in [4.78, 5) is 8.31. The zero-order valence-electron chi connectivity index (χ0n) is 3.30. The molecule has 0 unspecified atom stereocenters. The van der Waals surface area contributed by atoms with E-state index in [-0.39, 0.29) is 0 Å². The van der Waals surface area contributed by atoms with Gasteiger partial charge >= 0.3 is 6.01 Å². The number of fused-ring (bicyclic) bond motifs is 2. The molecule has 36 valence electrons. The third-order valence-electron chi connectivity index (χ3n) is 0.704. The van der Waals surface area contributed by atoms with Crippen molar-refractivity contribution >= 4 is 5.95 Å². The Morgan fingerprint density at radius 1 is 1.57 bits per heavy atom. The van der Waals surface area contributed by atoms with E-state index in [0.717, 1.165) is 0 Å². The van der Waals surface area contributed by atoms with E-state index < -0.39 is 0 Å². The predicted octanol–water partition coefficient (Wildman–Crippen LogP) is -0.476. The monoisotopic (exact) mass is 98.0 g/mol. The summed E-state index contributed by atoms with van der Waals surface area (Å²) in [5.74, 6) is 0.565. The molecule has 0 amide bonds. The molecule has 0 spiro atoms. The second-order valence-electron chi connectivity index (χ2n) is 1.17. The molecule has 0 aliphatic carbocycles. The summed E-state index contributed by atoms with van der Waals surface area (Å²) >= 11 is 0. The van der Waals surface area contributed by atoms with Crippen molar-refractivity contribution in [3.05, 3.63) is 0 Å². The van der Waals surface area contributed by atoms with Crippen molar-refractivity contribution in [3.63, 3.8) is 0 Å². The number of aromatic amines is 1. The number of nitrogens with zero attached hydrogens (tertiary/aromatic N) is 2. The molecule has 0 atom stereocenters. The van der Waals surface area contributed by atoms with Gasteiger partial charge in [-0.15, -0.1) is 5.10 Å². The number of nitrogens with one attached hydrogen (secondary N) is 2. The molecule has 0 aromatic carbocycles. The molecular formula is C2H2N4O. The largest absolute Gasteiger partial charge is 0.363 e. The van der Waals surface area contributed by atoms with Gasteiger partial charge in [0.25, 0.3) is 5.95 Å². The highest BCUT2D eigenvalue weighted by molar-refractivity contribution is 5.26. The number of hydrogen-bond acceptors (Lipinski definition) is 4. The molecule has 1 aromatic rings. The van der Waals surface area contributed by atoms with Crippen LogP contribution < -0.4 is 10.3 Å². The summed E-state index contributed by atoms with van der Waals surface area (Å²) in [7, 11) is 0. The van der Waals surface area contributed by atoms with Gasteiger partial charge in [-0.2, -0.15) is 10.5 Å². The maximum Gasteiger partial charge on any atom is 0.363 e. The minimum absolute atomic E-state index is 0.356. The average molecular weight is 98.1 g/mol. The lowest BCUT2D eigenvalue weighted by Gasteiger charge is -1.92. The van der Waals surface area contributed by atoms with Crippen molar-refractivity contribution in [3.8, 4) is 6.01 Å². The normalized spacial score (nSPS) is 13.1. The van der Waals surface area contributed by atoms with Crippen LogP contribution in [0.15, 0.2) is 0 Å². The van der Waals surface area contributed by atoms with Crippen LogP contribution in [0.2, 0.25) is 0 Å². The Labute approximate surface area is 38.7 Å². The smallest absolute Gasteiger partial charge is 0.335 e. The molecule has 0 fully saturated rings. The Morgan fingerprint density at radius 3 is 2.71 bits per heavy atom. The van der Waals surface area contributed by atoms with Crippen LogP contribution in [-0.2, 0) is 0 Å². The Bertz CT molecular complexity index is 163. The molecule has 2 bridgehead atoms. The third kappa shape index (κ3) is 0.219. The number of H-pyrrole nitrogens is 1. The molecule has 0 radical (unpaired) electrons. The highest BCUT2D eigenvalue weighted by Gasteiger charge is 2.10. The van der Waals surface area contributed by atoms with Crippen LogP contribution >= 0.6 is 0 Å². The molecule has 1 aromatic heterocycles. The predicted molar refractivity (Wildman–Crippen MR) is 20.6 cm³/mol. The maximum absolute atomic E-state index is 4.59. The first-order valence-corrected chi connectivity index (χ1v) is 1.80. The summed E-state index contributed by atoms with van der Waals surface area (Å²) in [5, 5.41) is 6.14. The van der Waals surface area contributed by atoms with Crippen LogP contribution in [-0.4, -0.2) is 15.2 Å². The minimum Gasteiger partial charge on any atom is -0.335 e. The van der Waals surface area contributed by atoms with E-state index in [0.29, 0.717) is 12.0 Å². The molecule has 1 aliphatic heterocycles. The van der Waals surface area contributed by atoms with Crippen molar-refractivity contribution in [1.82, 2.24) is 15.2 Å². The van der Waals surface area contributed by atoms with Crippen LogP contribution in [0.25, 0.3) is 0 Å². The number of aromatic nitrogens is 3. The molecular weight excluding hydrogens is 96.0 g/mol. The van der Waals surface area contributed by atoms with Crippen molar-refractivity contribution in [2.24, 2.45) is 0 Å². The lowest BCUT2D eigenvalue weighted by Crippen LogP contribution is -2.03. The molecule has 2 N–H and O–H groups in total. The quantitative estimate of drug-likeness (QED) is 0.460. The van der Waals surface area contributed by atoms with Gasteiger partial charge in [-0.25, -0.2) is 5.10 Å². The van der Waals surface area contributed by atoms with Crippen LogP contribution in [0.3, 0.4) is 0 Å². The Hall–Kier alpha value is -1.26. The molecule has 1 aliphatic rings. The molecule has 2 heterocycles. The lowest BCUT2D eigenvalue weighted by molar-refractivity contribution is 0.381. The number of hydrogen-bond donors (Lipinski definition) is 2. The second kappa shape index (κ2) is 0.699. The first-order valence-electron chi connectivity index (χ1n) is 1.80. The Balaban J connectivity index is 2.71. The van der Waals surface area contributed by atoms with E-state index in [2.05, 4.69) is 25.5 Å². The number of rotatable bonds is 0. The van der Waals surface area contributed by atoms with E-state index >= 15 is 0 Å². The van der Waals surface area contributed by atoms with Gasteiger partial charge in [-0.05, 0) is 0 Å². The lowest BCUT2D eigenvalue weighted by atomic mass is 11.1. The van der Waals surface area contributed by atoms with Gasteiger partial charge in [0.2, 0.25) is 0 Å². The molecule has 5 nitrogen and oxygen atoms in total. The van der Waals surface area contributed by atoms with Crippen LogP contribution in [0.4, 0.5) is 5.95 Å². The van der Waals surface area contributed by atoms with Gasteiger partial charge in [0.15, 0.2) is 0 Å². The fourth-order valence-electron chi connectivity index (χ4n) is 0.432. The van der Waals surface area contributed by atoms with Crippen molar-refractivity contribution in [2.75, 3.05) is 5.48 Å². The summed E-state index contributed by atoms with van der Waals surface area (Å²) in [5.41, 5.74) is 2.46. The highest BCUT2D eigenvalue weighted by atomic mass is 16.7. The SMILES string of the molecule is n1[nH]c2nc1ON2. The van der Waals surface area contributed by atoms with E-state index in [1.807, 2.05) is 0 Å². The van der Waals surface area contributed by atoms with Gasteiger partial charge in [0.05, 0.1) is 0 Å². The molecule has 0 saturated carbocycles. The van der Waals surface area contributed by atoms with Crippen molar-refractivity contribution < 1.29 is 4.84 Å². The summed E-state index contributed by atoms with van der Waals surface area (Å²) < 4.78 is 0. The summed E-state index contributed by atoms with van der Waals surface area (Å²) in [6.07, 6.45) is 0. The average Bonchev–Trinajstić information content (AvgIpc) is 2.22. The van der Waals surface area contributed by atoms with Gasteiger partial charge in [0.1, 0.15) is 0 Å². The molecule has 0 saturated heterocycles. The maximum atomic E-state index is 4.59. The zero-order chi connectivity index (χ0) is 4.69. The van der Waals surface area contributed by atoms with E-state index in [9.17, 15) is 0 Å². The highest BCUT2D eigenvalue weighted by Crippen LogP contribution is 2.11. The van der Waals surface area contributed by atoms with Gasteiger partial charge < -0.3 is 4.84 Å². The first kappa shape index (κ1) is 2.84. The number of anilines is 1. The van der Waals surface area contributed by atoms with E-state index in [1.165, 1.54) is 0 Å². The third-order valence-corrected chi connectivity index (χ3v) is 0.704. The molecule has 2 rings (SSSR count). The Kier molecular flexibility index (Phi) is 0.283. The fourth-order valence-corrected chi connectivity index (χ4v) is 0.432.